The van der Waals surface area contributed by atoms with Gasteiger partial charge in [-0.3, -0.25) is 14.9 Å². The van der Waals surface area contributed by atoms with Gasteiger partial charge in [0, 0.05) is 12.6 Å². The van der Waals surface area contributed by atoms with E-state index in [1.165, 1.54) is 36.6 Å². The van der Waals surface area contributed by atoms with Crippen molar-refractivity contribution < 1.29 is 18.0 Å². The van der Waals surface area contributed by atoms with Crippen LogP contribution in [0.5, 0.6) is 0 Å². The van der Waals surface area contributed by atoms with Gasteiger partial charge in [-0.25, -0.2) is 12.7 Å². The van der Waals surface area contributed by atoms with Crippen molar-refractivity contribution in [1.29, 1.82) is 0 Å². The molecule has 1 aliphatic heterocycles. The number of rotatable bonds is 2. The van der Waals surface area contributed by atoms with E-state index in [9.17, 15) is 18.0 Å². The van der Waals surface area contributed by atoms with Gasteiger partial charge in [-0.15, -0.1) is 10.2 Å². The number of hydrogen-bond acceptors (Lipinski definition) is 7. The third-order valence-electron chi connectivity index (χ3n) is 3.15. The van der Waals surface area contributed by atoms with Crippen molar-refractivity contribution in [2.24, 2.45) is 0 Å². The molecule has 0 spiro atoms. The lowest BCUT2D eigenvalue weighted by atomic mass is 10.1. The SMILES string of the molecule is Cc1nnc(NC(=O)c2ccc3c(c2)S(=O)(=O)N(C)C3=O)s1. The third kappa shape index (κ3) is 2.16. The summed E-state index contributed by atoms with van der Waals surface area (Å²) < 4.78 is 24.8. The first-order chi connectivity index (χ1) is 10.3. The van der Waals surface area contributed by atoms with Crippen LogP contribution in [-0.4, -0.2) is 41.8 Å². The molecule has 22 heavy (non-hydrogen) atoms. The maximum Gasteiger partial charge on any atom is 0.268 e. The van der Waals surface area contributed by atoms with Gasteiger partial charge in [-0.05, 0) is 25.1 Å². The van der Waals surface area contributed by atoms with Crippen molar-refractivity contribution in [3.05, 3.63) is 34.3 Å². The van der Waals surface area contributed by atoms with Crippen LogP contribution >= 0.6 is 11.3 Å². The molecule has 8 nitrogen and oxygen atoms in total. The monoisotopic (exact) mass is 338 g/mol. The maximum atomic E-state index is 12.1. The highest BCUT2D eigenvalue weighted by Gasteiger charge is 2.38. The summed E-state index contributed by atoms with van der Waals surface area (Å²) >= 11 is 1.20. The molecular weight excluding hydrogens is 328 g/mol. The van der Waals surface area contributed by atoms with Gasteiger partial charge in [0.2, 0.25) is 5.13 Å². The Balaban J connectivity index is 1.96. The number of carbonyl (C=O) groups is 2. The standard InChI is InChI=1S/C12H10N4O4S2/c1-6-14-15-12(21-6)13-10(17)7-3-4-8-9(5-7)22(19,20)16(2)11(8)18/h3-5H,1-2H3,(H,13,15,17). The minimum absolute atomic E-state index is 0.0609. The summed E-state index contributed by atoms with van der Waals surface area (Å²) in [5, 5.41) is 11.1. The van der Waals surface area contributed by atoms with Crippen LogP contribution in [0.3, 0.4) is 0 Å². The van der Waals surface area contributed by atoms with Crippen LogP contribution in [0.2, 0.25) is 0 Å². The molecule has 0 aliphatic carbocycles. The average Bonchev–Trinajstić information content (AvgIpc) is 2.95. The molecule has 1 aromatic heterocycles. The number of aromatic nitrogens is 2. The van der Waals surface area contributed by atoms with E-state index in [0.29, 0.717) is 14.4 Å². The predicted molar refractivity (Wildman–Crippen MR) is 78.3 cm³/mol. The third-order valence-corrected chi connectivity index (χ3v) is 5.68. The van der Waals surface area contributed by atoms with E-state index in [2.05, 4.69) is 15.5 Å². The Hall–Kier alpha value is -2.33. The second-order valence-electron chi connectivity index (χ2n) is 4.57. The number of amides is 2. The Morgan fingerprint density at radius 3 is 2.68 bits per heavy atom. The lowest BCUT2D eigenvalue weighted by Gasteiger charge is -2.06. The summed E-state index contributed by atoms with van der Waals surface area (Å²) in [4.78, 5) is 23.8. The minimum Gasteiger partial charge on any atom is -0.296 e. The Bertz CT molecular complexity index is 904. The fraction of sp³-hybridized carbons (Fsp3) is 0.167. The smallest absolute Gasteiger partial charge is 0.268 e. The summed E-state index contributed by atoms with van der Waals surface area (Å²) in [5.74, 6) is -1.13. The highest BCUT2D eigenvalue weighted by Crippen LogP contribution is 2.30. The maximum absolute atomic E-state index is 12.1. The fourth-order valence-electron chi connectivity index (χ4n) is 2.00. The normalized spacial score (nSPS) is 15.7. The highest BCUT2D eigenvalue weighted by atomic mass is 32.2. The first kappa shape index (κ1) is 14.6. The Labute approximate surface area is 129 Å². The van der Waals surface area contributed by atoms with Crippen molar-refractivity contribution in [1.82, 2.24) is 14.5 Å². The number of nitrogens with zero attached hydrogens (tertiary/aromatic N) is 3. The van der Waals surface area contributed by atoms with Gasteiger partial charge in [-0.2, -0.15) is 0 Å². The van der Waals surface area contributed by atoms with E-state index in [4.69, 9.17) is 0 Å². The summed E-state index contributed by atoms with van der Waals surface area (Å²) in [6.07, 6.45) is 0. The zero-order chi connectivity index (χ0) is 16.1. The van der Waals surface area contributed by atoms with E-state index >= 15 is 0 Å². The quantitative estimate of drug-likeness (QED) is 0.870. The van der Waals surface area contributed by atoms with Crippen LogP contribution in [0.15, 0.2) is 23.1 Å². The van der Waals surface area contributed by atoms with E-state index < -0.39 is 21.8 Å². The van der Waals surface area contributed by atoms with Crippen LogP contribution in [-0.2, 0) is 10.0 Å². The molecule has 0 atom stereocenters. The predicted octanol–water partition coefficient (Wildman–Crippen LogP) is 0.873. The first-order valence-corrected chi connectivity index (χ1v) is 8.35. The average molecular weight is 338 g/mol. The number of hydrogen-bond donors (Lipinski definition) is 1. The molecule has 1 N–H and O–H groups in total. The molecule has 114 valence electrons. The van der Waals surface area contributed by atoms with E-state index in [1.807, 2.05) is 0 Å². The number of sulfonamides is 1. The molecule has 0 saturated heterocycles. The zero-order valence-electron chi connectivity index (χ0n) is 11.5. The summed E-state index contributed by atoms with van der Waals surface area (Å²) in [6.45, 7) is 1.75. The van der Waals surface area contributed by atoms with Crippen LogP contribution in [0, 0.1) is 6.92 Å². The molecule has 0 unspecified atom stereocenters. The number of anilines is 1. The van der Waals surface area contributed by atoms with Crippen LogP contribution in [0.4, 0.5) is 5.13 Å². The van der Waals surface area contributed by atoms with Crippen LogP contribution in [0.1, 0.15) is 25.7 Å². The molecule has 1 aromatic carbocycles. The van der Waals surface area contributed by atoms with Crippen molar-refractivity contribution >= 4 is 38.3 Å². The van der Waals surface area contributed by atoms with Gasteiger partial charge in [0.05, 0.1) is 5.56 Å². The zero-order valence-corrected chi connectivity index (χ0v) is 13.2. The minimum atomic E-state index is -3.88. The summed E-state index contributed by atoms with van der Waals surface area (Å²) in [5.41, 5.74) is 0.184. The molecule has 0 fully saturated rings. The number of nitrogens with one attached hydrogen (secondary N) is 1. The number of fused-ring (bicyclic) bond motifs is 1. The van der Waals surface area contributed by atoms with Crippen molar-refractivity contribution in [3.63, 3.8) is 0 Å². The summed E-state index contributed by atoms with van der Waals surface area (Å²) in [7, 11) is -2.70. The lowest BCUT2D eigenvalue weighted by molar-refractivity contribution is 0.0890. The Morgan fingerprint density at radius 1 is 1.32 bits per heavy atom. The molecule has 0 bridgehead atoms. The molecule has 2 heterocycles. The van der Waals surface area contributed by atoms with Gasteiger partial charge >= 0.3 is 0 Å². The second-order valence-corrected chi connectivity index (χ2v) is 7.69. The van der Waals surface area contributed by atoms with Crippen LogP contribution < -0.4 is 5.32 Å². The topological polar surface area (TPSA) is 109 Å². The van der Waals surface area contributed by atoms with Gasteiger partial charge in [-0.1, -0.05) is 11.3 Å². The molecule has 2 aromatic rings. The number of carbonyl (C=O) groups excluding carboxylic acids is 2. The van der Waals surface area contributed by atoms with Gasteiger partial charge in [0.1, 0.15) is 9.90 Å². The van der Waals surface area contributed by atoms with Crippen molar-refractivity contribution in [2.75, 3.05) is 12.4 Å². The van der Waals surface area contributed by atoms with E-state index in [-0.39, 0.29) is 16.0 Å². The van der Waals surface area contributed by atoms with E-state index in [0.717, 1.165) is 0 Å². The van der Waals surface area contributed by atoms with Crippen molar-refractivity contribution in [2.45, 2.75) is 11.8 Å². The molecule has 0 saturated carbocycles. The summed E-state index contributed by atoms with van der Waals surface area (Å²) in [6, 6.07) is 3.92. The molecule has 2 amide bonds. The van der Waals surface area contributed by atoms with Crippen molar-refractivity contribution in [3.8, 4) is 0 Å². The molecule has 1 aliphatic rings. The van der Waals surface area contributed by atoms with Gasteiger partial charge in [0.25, 0.3) is 21.8 Å². The first-order valence-electron chi connectivity index (χ1n) is 6.09. The Morgan fingerprint density at radius 2 is 2.05 bits per heavy atom. The Kier molecular flexibility index (Phi) is 3.22. The molecule has 0 radical (unpaired) electrons. The van der Waals surface area contributed by atoms with Gasteiger partial charge < -0.3 is 0 Å². The highest BCUT2D eigenvalue weighted by molar-refractivity contribution is 7.90. The molecule has 10 heteroatoms. The second kappa shape index (κ2) is 4.85. The number of aryl methyl sites for hydroxylation is 1. The van der Waals surface area contributed by atoms with E-state index in [1.54, 1.807) is 6.92 Å². The number of benzene rings is 1. The lowest BCUT2D eigenvalue weighted by Crippen LogP contribution is -2.24. The molecular formula is C12H10N4O4S2. The molecule has 3 rings (SSSR count). The van der Waals surface area contributed by atoms with Gasteiger partial charge in [0.15, 0.2) is 0 Å². The largest absolute Gasteiger partial charge is 0.296 e. The van der Waals surface area contributed by atoms with Crippen LogP contribution in [0.25, 0.3) is 0 Å². The fourth-order valence-corrected chi connectivity index (χ4v) is 3.90.